The molecule has 1 aromatic heterocycles. The summed E-state index contributed by atoms with van der Waals surface area (Å²) in [4.78, 5) is 8.31. The summed E-state index contributed by atoms with van der Waals surface area (Å²) in [6.07, 6.45) is 0. The summed E-state index contributed by atoms with van der Waals surface area (Å²) in [5.74, 6) is 6.79. The van der Waals surface area contributed by atoms with Crippen molar-refractivity contribution in [1.82, 2.24) is 9.97 Å². The lowest BCUT2D eigenvalue weighted by Crippen LogP contribution is -2.11. The van der Waals surface area contributed by atoms with Gasteiger partial charge in [0.2, 0.25) is 11.8 Å². The van der Waals surface area contributed by atoms with E-state index in [2.05, 4.69) is 37.4 Å². The molecular formula is C15H13BrN4O. The van der Waals surface area contributed by atoms with Gasteiger partial charge in [-0.05, 0) is 39.7 Å². The van der Waals surface area contributed by atoms with Crippen LogP contribution in [0.2, 0.25) is 0 Å². The molecule has 1 heterocycles. The Morgan fingerprint density at radius 1 is 1.14 bits per heavy atom. The first kappa shape index (κ1) is 13.8. The molecule has 3 rings (SSSR count). The predicted molar refractivity (Wildman–Crippen MR) is 86.3 cm³/mol. The van der Waals surface area contributed by atoms with E-state index in [0.717, 1.165) is 20.9 Å². The summed E-state index contributed by atoms with van der Waals surface area (Å²) in [7, 11) is 0. The van der Waals surface area contributed by atoms with Crippen molar-refractivity contribution < 1.29 is 4.74 Å². The van der Waals surface area contributed by atoms with Gasteiger partial charge < -0.3 is 4.74 Å². The summed E-state index contributed by atoms with van der Waals surface area (Å²) in [5.41, 5.74) is 3.19. The van der Waals surface area contributed by atoms with Gasteiger partial charge in [-0.3, -0.25) is 5.43 Å². The van der Waals surface area contributed by atoms with Crippen molar-refractivity contribution in [3.63, 3.8) is 0 Å². The summed E-state index contributed by atoms with van der Waals surface area (Å²) >= 11 is 3.58. The van der Waals surface area contributed by atoms with E-state index in [-0.39, 0.29) is 0 Å². The molecule has 6 heteroatoms. The highest BCUT2D eigenvalue weighted by Crippen LogP contribution is 2.35. The number of halogens is 1. The number of hydrogen-bond donors (Lipinski definition) is 2. The van der Waals surface area contributed by atoms with Crippen LogP contribution in [0.15, 0.2) is 46.9 Å². The molecule has 0 unspecified atom stereocenters. The zero-order valence-electron chi connectivity index (χ0n) is 11.3. The van der Waals surface area contributed by atoms with Crippen LogP contribution in [0.25, 0.3) is 10.8 Å². The van der Waals surface area contributed by atoms with Gasteiger partial charge in [0, 0.05) is 11.8 Å². The van der Waals surface area contributed by atoms with Gasteiger partial charge in [-0.1, -0.05) is 30.3 Å². The molecule has 3 N–H and O–H groups in total. The fourth-order valence-corrected chi connectivity index (χ4v) is 2.64. The van der Waals surface area contributed by atoms with Crippen LogP contribution in [-0.4, -0.2) is 9.97 Å². The molecule has 106 valence electrons. The highest BCUT2D eigenvalue weighted by Gasteiger charge is 2.09. The zero-order valence-corrected chi connectivity index (χ0v) is 12.9. The molecule has 0 aliphatic heterocycles. The highest BCUT2D eigenvalue weighted by molar-refractivity contribution is 9.10. The molecule has 0 aliphatic rings. The van der Waals surface area contributed by atoms with Gasteiger partial charge in [-0.15, -0.1) is 0 Å². The number of ether oxygens (including phenoxy) is 1. The van der Waals surface area contributed by atoms with Crippen LogP contribution < -0.4 is 16.0 Å². The van der Waals surface area contributed by atoms with E-state index in [0.29, 0.717) is 17.6 Å². The van der Waals surface area contributed by atoms with Crippen LogP contribution in [0, 0.1) is 6.92 Å². The third-order valence-corrected chi connectivity index (χ3v) is 3.82. The van der Waals surface area contributed by atoms with Gasteiger partial charge in [0.15, 0.2) is 0 Å². The number of nitrogen functional groups attached to an aromatic ring is 1. The molecule has 0 aliphatic carbocycles. The van der Waals surface area contributed by atoms with E-state index in [4.69, 9.17) is 10.6 Å². The van der Waals surface area contributed by atoms with Crippen molar-refractivity contribution in [3.8, 4) is 11.6 Å². The number of anilines is 1. The Bertz CT molecular complexity index is 807. The minimum absolute atomic E-state index is 0.321. The molecule has 0 bridgehead atoms. The Morgan fingerprint density at radius 2 is 1.95 bits per heavy atom. The van der Waals surface area contributed by atoms with E-state index >= 15 is 0 Å². The van der Waals surface area contributed by atoms with Gasteiger partial charge in [0.05, 0.1) is 4.47 Å². The lowest BCUT2D eigenvalue weighted by molar-refractivity contribution is 0.459. The van der Waals surface area contributed by atoms with Crippen molar-refractivity contribution in [2.45, 2.75) is 6.92 Å². The van der Waals surface area contributed by atoms with Crippen molar-refractivity contribution in [2.75, 3.05) is 5.43 Å². The number of benzene rings is 2. The van der Waals surface area contributed by atoms with Gasteiger partial charge >= 0.3 is 0 Å². The molecule has 5 nitrogen and oxygen atoms in total. The second kappa shape index (κ2) is 5.67. The Kier molecular flexibility index (Phi) is 3.72. The number of hydrogen-bond acceptors (Lipinski definition) is 5. The first-order valence-electron chi connectivity index (χ1n) is 6.35. The summed E-state index contributed by atoms with van der Waals surface area (Å²) in [6, 6.07) is 13.7. The summed E-state index contributed by atoms with van der Waals surface area (Å²) in [6.45, 7) is 1.85. The van der Waals surface area contributed by atoms with Crippen molar-refractivity contribution in [2.24, 2.45) is 5.84 Å². The maximum Gasteiger partial charge on any atom is 0.240 e. The number of rotatable bonds is 3. The predicted octanol–water partition coefficient (Wildman–Crippen LogP) is 3.78. The number of nitrogens with two attached hydrogens (primary N) is 1. The van der Waals surface area contributed by atoms with Crippen LogP contribution in [0.3, 0.4) is 0 Å². The lowest BCUT2D eigenvalue weighted by atomic mass is 10.1. The second-order valence-corrected chi connectivity index (χ2v) is 5.31. The molecule has 3 aromatic rings. The normalized spacial score (nSPS) is 10.6. The Labute approximate surface area is 130 Å². The molecule has 0 fully saturated rings. The van der Waals surface area contributed by atoms with Crippen LogP contribution >= 0.6 is 15.9 Å². The largest absolute Gasteiger partial charge is 0.438 e. The van der Waals surface area contributed by atoms with E-state index < -0.39 is 0 Å². The van der Waals surface area contributed by atoms with Crippen molar-refractivity contribution >= 4 is 32.7 Å². The maximum absolute atomic E-state index is 5.85. The molecule has 0 radical (unpaired) electrons. The molecule has 2 aromatic carbocycles. The number of nitrogens with zero attached hydrogens (tertiary/aromatic N) is 2. The topological polar surface area (TPSA) is 73.1 Å². The maximum atomic E-state index is 5.85. The average molecular weight is 345 g/mol. The van der Waals surface area contributed by atoms with Crippen LogP contribution in [-0.2, 0) is 0 Å². The first-order valence-corrected chi connectivity index (χ1v) is 7.14. The zero-order chi connectivity index (χ0) is 14.8. The van der Waals surface area contributed by atoms with Gasteiger partial charge in [-0.2, -0.15) is 4.98 Å². The first-order chi connectivity index (χ1) is 10.2. The van der Waals surface area contributed by atoms with E-state index in [9.17, 15) is 0 Å². The average Bonchev–Trinajstić information content (AvgIpc) is 2.50. The minimum atomic E-state index is 0.321. The van der Waals surface area contributed by atoms with E-state index in [1.54, 1.807) is 6.07 Å². The highest BCUT2D eigenvalue weighted by atomic mass is 79.9. The Balaban J connectivity index is 2.02. The summed E-state index contributed by atoms with van der Waals surface area (Å²) in [5, 5.41) is 2.22. The van der Waals surface area contributed by atoms with Gasteiger partial charge in [-0.25, -0.2) is 10.8 Å². The van der Waals surface area contributed by atoms with Crippen molar-refractivity contribution in [3.05, 3.63) is 52.6 Å². The molecule has 0 saturated carbocycles. The molecular weight excluding hydrogens is 332 g/mol. The smallest absolute Gasteiger partial charge is 0.240 e. The number of aromatic nitrogens is 2. The van der Waals surface area contributed by atoms with Gasteiger partial charge in [0.1, 0.15) is 5.75 Å². The number of nitrogens with one attached hydrogen (secondary N) is 1. The fourth-order valence-electron chi connectivity index (χ4n) is 2.06. The third kappa shape index (κ3) is 2.81. The van der Waals surface area contributed by atoms with Crippen LogP contribution in [0.5, 0.6) is 11.6 Å². The van der Waals surface area contributed by atoms with Gasteiger partial charge in [0.25, 0.3) is 0 Å². The number of hydrazine groups is 1. The SMILES string of the molecule is Cc1cc(Oc2ccc3ccccc3c2Br)nc(NN)n1. The quantitative estimate of drug-likeness (QED) is 0.558. The third-order valence-electron chi connectivity index (χ3n) is 3.00. The minimum Gasteiger partial charge on any atom is -0.438 e. The molecule has 21 heavy (non-hydrogen) atoms. The molecule has 0 atom stereocenters. The van der Waals surface area contributed by atoms with E-state index in [1.165, 1.54) is 0 Å². The standard InChI is InChI=1S/C15H13BrN4O/c1-9-8-13(19-15(18-9)20-17)21-12-7-6-10-4-2-3-5-11(10)14(12)16/h2-8H,17H2,1H3,(H,18,19,20). The monoisotopic (exact) mass is 344 g/mol. The Hall–Kier alpha value is -2.18. The Morgan fingerprint density at radius 3 is 2.76 bits per heavy atom. The fraction of sp³-hybridized carbons (Fsp3) is 0.0667. The lowest BCUT2D eigenvalue weighted by Gasteiger charge is -2.10. The number of aryl methyl sites for hydroxylation is 1. The molecule has 0 spiro atoms. The molecule has 0 saturated heterocycles. The molecule has 0 amide bonds. The van der Waals surface area contributed by atoms with Crippen molar-refractivity contribution in [1.29, 1.82) is 0 Å². The van der Waals surface area contributed by atoms with E-state index in [1.807, 2.05) is 37.3 Å². The summed E-state index contributed by atoms with van der Waals surface area (Å²) < 4.78 is 6.74. The second-order valence-electron chi connectivity index (χ2n) is 4.52. The van der Waals surface area contributed by atoms with Crippen LogP contribution in [0.1, 0.15) is 5.69 Å². The van der Waals surface area contributed by atoms with Crippen LogP contribution in [0.4, 0.5) is 5.95 Å². The number of fused-ring (bicyclic) bond motifs is 1.